The van der Waals surface area contributed by atoms with E-state index in [4.69, 9.17) is 23.2 Å². The molecule has 1 fully saturated rings. The maximum absolute atomic E-state index is 13.9. The second-order valence-electron chi connectivity index (χ2n) is 11.0. The van der Waals surface area contributed by atoms with Gasteiger partial charge in [-0.15, -0.1) is 0 Å². The Kier molecular flexibility index (Phi) is 5.50. The van der Waals surface area contributed by atoms with E-state index in [1.54, 1.807) is 12.3 Å². The summed E-state index contributed by atoms with van der Waals surface area (Å²) in [6.07, 6.45) is 3.63. The van der Waals surface area contributed by atoms with Crippen LogP contribution in [0.5, 0.6) is 0 Å². The SMILES string of the molecule is O=C1[C@@H]2C3c4ccccc4C(c4ccccc43)[C@@H]2C(=O)N1/N=C\c1cn(Cc2ccc(Cl)c(Cl)c2)c2ccccc12. The van der Waals surface area contributed by atoms with E-state index in [2.05, 4.69) is 33.9 Å². The molecule has 5 aromatic rings. The Morgan fingerprint density at radius 2 is 1.27 bits per heavy atom. The van der Waals surface area contributed by atoms with Crippen molar-refractivity contribution >= 4 is 52.1 Å². The molecule has 2 atom stereocenters. The highest BCUT2D eigenvalue weighted by Crippen LogP contribution is 2.61. The van der Waals surface area contributed by atoms with Crippen LogP contribution in [-0.4, -0.2) is 27.6 Å². The molecule has 2 amide bonds. The van der Waals surface area contributed by atoms with E-state index in [1.807, 2.05) is 66.9 Å². The Hall–Kier alpha value is -4.19. The van der Waals surface area contributed by atoms with Crippen LogP contribution in [-0.2, 0) is 16.1 Å². The van der Waals surface area contributed by atoms with Crippen molar-refractivity contribution in [2.75, 3.05) is 0 Å². The van der Waals surface area contributed by atoms with Gasteiger partial charge in [-0.05, 0) is 46.0 Å². The number of hydrogen-bond donors (Lipinski definition) is 0. The van der Waals surface area contributed by atoms with Crippen molar-refractivity contribution in [1.29, 1.82) is 0 Å². The van der Waals surface area contributed by atoms with E-state index in [-0.39, 0.29) is 23.7 Å². The van der Waals surface area contributed by atoms with E-state index in [0.717, 1.165) is 49.3 Å². The average Bonchev–Trinajstić information content (AvgIpc) is 3.47. The number of amides is 2. The van der Waals surface area contributed by atoms with Gasteiger partial charge < -0.3 is 4.57 Å². The molecule has 0 spiro atoms. The molecule has 3 aliphatic carbocycles. The Balaban J connectivity index is 1.16. The second-order valence-corrected chi connectivity index (χ2v) is 11.8. The lowest BCUT2D eigenvalue weighted by Crippen LogP contribution is -2.41. The molecule has 0 saturated carbocycles. The molecule has 2 bridgehead atoms. The molecule has 4 aromatic carbocycles. The van der Waals surface area contributed by atoms with Gasteiger partial charge in [0.1, 0.15) is 0 Å². The van der Waals surface area contributed by atoms with Crippen LogP contribution in [0.15, 0.2) is 102 Å². The van der Waals surface area contributed by atoms with Crippen molar-refractivity contribution < 1.29 is 9.59 Å². The number of benzene rings is 4. The molecular weight excluding hydrogens is 553 g/mol. The monoisotopic (exact) mass is 575 g/mol. The third-order valence-corrected chi connectivity index (χ3v) is 9.63. The molecule has 0 radical (unpaired) electrons. The maximum Gasteiger partial charge on any atom is 0.254 e. The van der Waals surface area contributed by atoms with Crippen LogP contribution in [0.2, 0.25) is 10.0 Å². The summed E-state index contributed by atoms with van der Waals surface area (Å²) >= 11 is 12.4. The zero-order valence-corrected chi connectivity index (χ0v) is 23.3. The number of hydrogen-bond acceptors (Lipinski definition) is 3. The van der Waals surface area contributed by atoms with E-state index in [1.165, 1.54) is 0 Å². The van der Waals surface area contributed by atoms with Crippen molar-refractivity contribution in [3.8, 4) is 0 Å². The number of halogens is 2. The average molecular weight is 576 g/mol. The van der Waals surface area contributed by atoms with Gasteiger partial charge in [-0.2, -0.15) is 10.1 Å². The number of carbonyl (C=O) groups is 2. The highest BCUT2D eigenvalue weighted by Gasteiger charge is 2.61. The molecule has 0 unspecified atom stereocenters. The summed E-state index contributed by atoms with van der Waals surface area (Å²) in [4.78, 5) is 27.8. The molecule has 200 valence electrons. The molecule has 1 aromatic heterocycles. The first-order valence-electron chi connectivity index (χ1n) is 13.6. The number of nitrogens with zero attached hydrogens (tertiary/aromatic N) is 3. The first-order chi connectivity index (χ1) is 20.0. The van der Waals surface area contributed by atoms with E-state index in [0.29, 0.717) is 16.6 Å². The lowest BCUT2D eigenvalue weighted by molar-refractivity contribution is -0.139. The molecule has 4 aliphatic rings. The quantitative estimate of drug-likeness (QED) is 0.168. The van der Waals surface area contributed by atoms with Crippen molar-refractivity contribution in [1.82, 2.24) is 9.58 Å². The van der Waals surface area contributed by atoms with Crippen molar-refractivity contribution in [2.45, 2.75) is 18.4 Å². The second kappa shape index (κ2) is 9.16. The van der Waals surface area contributed by atoms with Gasteiger partial charge in [-0.25, -0.2) is 0 Å². The lowest BCUT2D eigenvalue weighted by Gasteiger charge is -2.45. The summed E-state index contributed by atoms with van der Waals surface area (Å²) in [5, 5.41) is 7.68. The maximum atomic E-state index is 13.9. The highest BCUT2D eigenvalue weighted by atomic mass is 35.5. The van der Waals surface area contributed by atoms with Crippen LogP contribution in [0.25, 0.3) is 10.9 Å². The minimum Gasteiger partial charge on any atom is -0.342 e. The van der Waals surface area contributed by atoms with E-state index < -0.39 is 11.8 Å². The number of carbonyl (C=O) groups excluding carboxylic acids is 2. The van der Waals surface area contributed by atoms with Gasteiger partial charge in [0, 0.05) is 41.0 Å². The van der Waals surface area contributed by atoms with Gasteiger partial charge in [0.15, 0.2) is 0 Å². The fourth-order valence-corrected chi connectivity index (χ4v) is 7.56. The van der Waals surface area contributed by atoms with Crippen LogP contribution in [0.1, 0.15) is 45.2 Å². The number of aromatic nitrogens is 1. The van der Waals surface area contributed by atoms with Crippen LogP contribution in [0.4, 0.5) is 0 Å². The molecule has 1 saturated heterocycles. The number of para-hydroxylation sites is 1. The van der Waals surface area contributed by atoms with Gasteiger partial charge in [-0.3, -0.25) is 9.59 Å². The highest BCUT2D eigenvalue weighted by molar-refractivity contribution is 6.42. The summed E-state index contributed by atoms with van der Waals surface area (Å²) in [7, 11) is 0. The standard InChI is InChI=1S/C34H23Cl2N3O2/c35-26-14-13-19(15-27(26)36)17-38-18-20(21-7-5-6-12-28(21)38)16-37-39-33(40)31-29-22-8-1-2-9-23(22)30(32(31)34(39)41)25-11-4-3-10-24(25)29/h1-16,18,29-32H,17H2/b37-16-/t29?,30?,31-,32+. The Bertz CT molecular complexity index is 1830. The number of rotatable bonds is 4. The predicted molar refractivity (Wildman–Crippen MR) is 160 cm³/mol. The fraction of sp³-hybridized carbons (Fsp3) is 0.147. The zero-order valence-electron chi connectivity index (χ0n) is 21.7. The normalized spacial score (nSPS) is 22.4. The smallest absolute Gasteiger partial charge is 0.254 e. The summed E-state index contributed by atoms with van der Waals surface area (Å²) in [5.41, 5.74) is 7.43. The van der Waals surface area contributed by atoms with Crippen molar-refractivity contribution in [3.63, 3.8) is 0 Å². The van der Waals surface area contributed by atoms with Gasteiger partial charge in [-0.1, -0.05) is 96.0 Å². The van der Waals surface area contributed by atoms with Crippen molar-refractivity contribution in [2.24, 2.45) is 16.9 Å². The largest absolute Gasteiger partial charge is 0.342 e. The minimum atomic E-state index is -0.453. The number of hydrazone groups is 1. The molecule has 1 aliphatic heterocycles. The van der Waals surface area contributed by atoms with Crippen LogP contribution < -0.4 is 0 Å². The topological polar surface area (TPSA) is 54.7 Å². The van der Waals surface area contributed by atoms with E-state index >= 15 is 0 Å². The molecule has 2 heterocycles. The molecular formula is C34H23Cl2N3O2. The summed E-state index contributed by atoms with van der Waals surface area (Å²) < 4.78 is 2.11. The minimum absolute atomic E-state index is 0.151. The summed E-state index contributed by atoms with van der Waals surface area (Å²) in [6, 6.07) is 30.1. The van der Waals surface area contributed by atoms with Gasteiger partial charge >= 0.3 is 0 Å². The Labute approximate surface area is 246 Å². The van der Waals surface area contributed by atoms with Crippen LogP contribution >= 0.6 is 23.2 Å². The predicted octanol–water partition coefficient (Wildman–Crippen LogP) is 7.22. The number of imide groups is 1. The molecule has 7 heteroatoms. The van der Waals surface area contributed by atoms with Gasteiger partial charge in [0.05, 0.1) is 28.1 Å². The third-order valence-electron chi connectivity index (χ3n) is 8.89. The lowest BCUT2D eigenvalue weighted by atomic mass is 9.55. The fourth-order valence-electron chi connectivity index (χ4n) is 7.24. The van der Waals surface area contributed by atoms with E-state index in [9.17, 15) is 9.59 Å². The number of fused-ring (bicyclic) bond motifs is 1. The van der Waals surface area contributed by atoms with Gasteiger partial charge in [0.25, 0.3) is 11.8 Å². The van der Waals surface area contributed by atoms with Crippen LogP contribution in [0, 0.1) is 11.8 Å². The molecule has 5 nitrogen and oxygen atoms in total. The molecule has 0 N–H and O–H groups in total. The zero-order chi connectivity index (χ0) is 27.8. The third kappa shape index (κ3) is 3.59. The molecule has 41 heavy (non-hydrogen) atoms. The Morgan fingerprint density at radius 1 is 0.707 bits per heavy atom. The molecule has 9 rings (SSSR count). The summed E-state index contributed by atoms with van der Waals surface area (Å²) in [5.74, 6) is -1.66. The van der Waals surface area contributed by atoms with Gasteiger partial charge in [0.2, 0.25) is 0 Å². The summed E-state index contributed by atoms with van der Waals surface area (Å²) in [6.45, 7) is 0.580. The Morgan fingerprint density at radius 3 is 1.85 bits per heavy atom. The van der Waals surface area contributed by atoms with Crippen molar-refractivity contribution in [3.05, 3.63) is 141 Å². The van der Waals surface area contributed by atoms with Crippen LogP contribution in [0.3, 0.4) is 0 Å². The first kappa shape index (κ1) is 24.6. The first-order valence-corrected chi connectivity index (χ1v) is 14.4.